The van der Waals surface area contributed by atoms with E-state index in [1.165, 1.54) is 24.0 Å². The number of hydrogen-bond donors (Lipinski definition) is 3. The molecule has 5 heterocycles. The van der Waals surface area contributed by atoms with Crippen LogP contribution in [0, 0.1) is 5.82 Å². The van der Waals surface area contributed by atoms with Crippen molar-refractivity contribution in [2.75, 3.05) is 43.4 Å². The minimum absolute atomic E-state index is 0.313. The fraction of sp³-hybridized carbons (Fsp3) is 0.375. The fourth-order valence-corrected chi connectivity index (χ4v) is 5.09. The number of fused-ring (bicyclic) bond motifs is 1. The lowest BCUT2D eigenvalue weighted by Gasteiger charge is -2.24. The fourth-order valence-electron chi connectivity index (χ4n) is 5.09. The number of aliphatic carboxylic acids is 1. The molecule has 0 amide bonds. The average molecular weight is 601 g/mol. The van der Waals surface area contributed by atoms with Crippen LogP contribution in [0.15, 0.2) is 67.5 Å². The second-order valence-corrected chi connectivity index (χ2v) is 10.7. The van der Waals surface area contributed by atoms with Gasteiger partial charge in [0.2, 0.25) is 0 Å². The van der Waals surface area contributed by atoms with Gasteiger partial charge in [0, 0.05) is 49.4 Å². The van der Waals surface area contributed by atoms with E-state index in [1.807, 2.05) is 12.1 Å². The van der Waals surface area contributed by atoms with Crippen molar-refractivity contribution in [3.63, 3.8) is 0 Å². The summed E-state index contributed by atoms with van der Waals surface area (Å²) in [6, 6.07) is 8.34. The molecule has 4 aromatic rings. The molecular formula is C32H37FN8O3. The van der Waals surface area contributed by atoms with E-state index in [0.29, 0.717) is 43.4 Å². The summed E-state index contributed by atoms with van der Waals surface area (Å²) in [5.74, 6) is 0.302. The SMILES string of the molecule is O=C(O)C(CCN(CCCCc1ccc2c(n1)NCCC2)CCOc1cncc(F)c1)Nc1cncc(-c2ccncc2)n1. The molecule has 0 bridgehead atoms. The van der Waals surface area contributed by atoms with Crippen molar-refractivity contribution in [2.45, 2.75) is 44.6 Å². The van der Waals surface area contributed by atoms with Gasteiger partial charge in [-0.15, -0.1) is 0 Å². The van der Waals surface area contributed by atoms with Crippen molar-refractivity contribution in [1.29, 1.82) is 0 Å². The number of unbranched alkanes of at least 4 members (excludes halogenated alkanes) is 1. The lowest BCUT2D eigenvalue weighted by molar-refractivity contribution is -0.138. The molecule has 0 fully saturated rings. The number of nitrogens with zero attached hydrogens (tertiary/aromatic N) is 6. The van der Waals surface area contributed by atoms with E-state index >= 15 is 0 Å². The Labute approximate surface area is 256 Å². The lowest BCUT2D eigenvalue weighted by Crippen LogP contribution is -2.37. The topological polar surface area (TPSA) is 138 Å². The molecule has 0 saturated heterocycles. The third-order valence-electron chi connectivity index (χ3n) is 7.43. The van der Waals surface area contributed by atoms with Crippen molar-refractivity contribution in [3.05, 3.63) is 84.6 Å². The molecule has 230 valence electrons. The summed E-state index contributed by atoms with van der Waals surface area (Å²) in [6.07, 6.45) is 14.3. The Balaban J connectivity index is 1.17. The standard InChI is InChI=1S/C32H37FN8O3/c33-25-18-27(20-35-19-25)44-17-16-41(14-2-1-5-26-7-6-24-4-3-11-37-31(24)38-26)15-10-28(32(42)43)39-30-22-36-21-29(40-30)23-8-12-34-13-9-23/h6-9,12-13,18-22,28H,1-5,10-11,14-17H2,(H,37,38)(H,39,40)(H,42,43). The van der Waals surface area contributed by atoms with Crippen LogP contribution in [0.25, 0.3) is 11.3 Å². The van der Waals surface area contributed by atoms with Crippen molar-refractivity contribution < 1.29 is 19.0 Å². The minimum Gasteiger partial charge on any atom is -0.491 e. The first-order valence-electron chi connectivity index (χ1n) is 14.9. The van der Waals surface area contributed by atoms with Crippen molar-refractivity contribution in [1.82, 2.24) is 29.8 Å². The highest BCUT2D eigenvalue weighted by molar-refractivity contribution is 5.77. The Morgan fingerprint density at radius 1 is 1.02 bits per heavy atom. The molecule has 0 radical (unpaired) electrons. The second kappa shape index (κ2) is 15.7. The third kappa shape index (κ3) is 9.14. The van der Waals surface area contributed by atoms with Crippen LogP contribution >= 0.6 is 0 Å². The van der Waals surface area contributed by atoms with Gasteiger partial charge in [-0.1, -0.05) is 6.07 Å². The maximum Gasteiger partial charge on any atom is 0.326 e. The number of carbonyl (C=O) groups is 1. The molecule has 11 nitrogen and oxygen atoms in total. The maximum absolute atomic E-state index is 13.5. The average Bonchev–Trinajstić information content (AvgIpc) is 3.05. The first-order valence-corrected chi connectivity index (χ1v) is 14.9. The zero-order valence-electron chi connectivity index (χ0n) is 24.5. The summed E-state index contributed by atoms with van der Waals surface area (Å²) in [7, 11) is 0. The van der Waals surface area contributed by atoms with Crippen molar-refractivity contribution in [3.8, 4) is 17.0 Å². The molecule has 0 spiro atoms. The van der Waals surface area contributed by atoms with Gasteiger partial charge >= 0.3 is 5.97 Å². The van der Waals surface area contributed by atoms with E-state index in [0.717, 1.165) is 68.5 Å². The maximum atomic E-state index is 13.5. The van der Waals surface area contributed by atoms with Gasteiger partial charge in [0.25, 0.3) is 0 Å². The molecule has 12 heteroatoms. The Kier molecular flexibility index (Phi) is 10.9. The molecule has 1 aliphatic heterocycles. The van der Waals surface area contributed by atoms with Gasteiger partial charge in [-0.2, -0.15) is 0 Å². The first-order chi connectivity index (χ1) is 21.5. The Morgan fingerprint density at radius 2 is 1.89 bits per heavy atom. The number of ether oxygens (including phenoxy) is 1. The number of nitrogens with one attached hydrogen (secondary N) is 2. The molecule has 1 atom stereocenters. The predicted octanol–water partition coefficient (Wildman–Crippen LogP) is 4.48. The highest BCUT2D eigenvalue weighted by Crippen LogP contribution is 2.21. The van der Waals surface area contributed by atoms with E-state index < -0.39 is 17.8 Å². The van der Waals surface area contributed by atoms with Gasteiger partial charge in [-0.05, 0) is 68.8 Å². The number of aryl methyl sites for hydroxylation is 2. The zero-order valence-corrected chi connectivity index (χ0v) is 24.5. The normalized spacial score (nSPS) is 13.1. The van der Waals surface area contributed by atoms with Crippen LogP contribution in [0.2, 0.25) is 0 Å². The Hall–Kier alpha value is -4.71. The first kappa shape index (κ1) is 30.7. The van der Waals surface area contributed by atoms with Crippen LogP contribution in [0.1, 0.15) is 36.9 Å². The molecule has 3 N–H and O–H groups in total. The van der Waals surface area contributed by atoms with Gasteiger partial charge in [0.05, 0.1) is 30.5 Å². The number of hydrogen-bond acceptors (Lipinski definition) is 10. The second-order valence-electron chi connectivity index (χ2n) is 10.7. The summed E-state index contributed by atoms with van der Waals surface area (Å²) in [5.41, 5.74) is 3.80. The number of halogens is 1. The smallest absolute Gasteiger partial charge is 0.326 e. The number of pyridine rings is 3. The molecule has 44 heavy (non-hydrogen) atoms. The van der Waals surface area contributed by atoms with E-state index in [4.69, 9.17) is 9.72 Å². The molecule has 1 unspecified atom stereocenters. The molecule has 4 aromatic heterocycles. The quantitative estimate of drug-likeness (QED) is 0.157. The number of aromatic nitrogens is 5. The zero-order chi connectivity index (χ0) is 30.6. The Bertz CT molecular complexity index is 1510. The van der Waals surface area contributed by atoms with Crippen LogP contribution in [0.3, 0.4) is 0 Å². The number of carboxylic acid groups (broad SMARTS) is 1. The van der Waals surface area contributed by atoms with Gasteiger partial charge < -0.3 is 20.5 Å². The summed E-state index contributed by atoms with van der Waals surface area (Å²) in [6.45, 7) is 3.07. The number of rotatable bonds is 16. The van der Waals surface area contributed by atoms with Crippen LogP contribution in [0.5, 0.6) is 5.75 Å². The molecule has 0 aromatic carbocycles. The molecule has 0 aliphatic carbocycles. The highest BCUT2D eigenvalue weighted by atomic mass is 19.1. The summed E-state index contributed by atoms with van der Waals surface area (Å²) >= 11 is 0. The minimum atomic E-state index is -0.977. The van der Waals surface area contributed by atoms with Crippen LogP contribution in [0.4, 0.5) is 16.0 Å². The van der Waals surface area contributed by atoms with Gasteiger partial charge in [0.1, 0.15) is 35.9 Å². The van der Waals surface area contributed by atoms with E-state index in [2.05, 4.69) is 47.6 Å². The monoisotopic (exact) mass is 600 g/mol. The van der Waals surface area contributed by atoms with Crippen LogP contribution in [-0.4, -0.2) is 79.7 Å². The molecular weight excluding hydrogens is 563 g/mol. The van der Waals surface area contributed by atoms with E-state index in [-0.39, 0.29) is 0 Å². The van der Waals surface area contributed by atoms with Gasteiger partial charge in [-0.3, -0.25) is 19.9 Å². The van der Waals surface area contributed by atoms with Gasteiger partial charge in [0.15, 0.2) is 0 Å². The lowest BCUT2D eigenvalue weighted by atomic mass is 10.1. The number of anilines is 2. The summed E-state index contributed by atoms with van der Waals surface area (Å²) in [4.78, 5) is 35.8. The third-order valence-corrected chi connectivity index (χ3v) is 7.43. The molecule has 0 saturated carbocycles. The van der Waals surface area contributed by atoms with E-state index in [9.17, 15) is 14.3 Å². The van der Waals surface area contributed by atoms with Crippen molar-refractivity contribution in [2.24, 2.45) is 0 Å². The van der Waals surface area contributed by atoms with E-state index in [1.54, 1.807) is 18.6 Å². The summed E-state index contributed by atoms with van der Waals surface area (Å²) in [5, 5.41) is 16.4. The summed E-state index contributed by atoms with van der Waals surface area (Å²) < 4.78 is 19.3. The van der Waals surface area contributed by atoms with Crippen molar-refractivity contribution >= 4 is 17.6 Å². The largest absolute Gasteiger partial charge is 0.491 e. The van der Waals surface area contributed by atoms with Gasteiger partial charge in [-0.25, -0.2) is 19.2 Å². The van der Waals surface area contributed by atoms with Crippen LogP contribution in [-0.2, 0) is 17.6 Å². The highest BCUT2D eigenvalue weighted by Gasteiger charge is 2.20. The van der Waals surface area contributed by atoms with Crippen LogP contribution < -0.4 is 15.4 Å². The molecule has 1 aliphatic rings. The predicted molar refractivity (Wildman–Crippen MR) is 165 cm³/mol. The Morgan fingerprint density at radius 3 is 2.73 bits per heavy atom. The molecule has 5 rings (SSSR count). The number of carboxylic acids is 1.